The monoisotopic (exact) mass is 307 g/mol. The molecule has 0 bridgehead atoms. The van der Waals surface area contributed by atoms with Crippen molar-refractivity contribution in [2.75, 3.05) is 4.72 Å². The van der Waals surface area contributed by atoms with Crippen LogP contribution in [-0.2, 0) is 16.6 Å². The quantitative estimate of drug-likeness (QED) is 0.768. The smallest absolute Gasteiger partial charge is 0.263 e. The minimum absolute atomic E-state index is 0.242. The minimum Gasteiger partial charge on any atom is -0.363 e. The summed E-state index contributed by atoms with van der Waals surface area (Å²) in [5.74, 6) is 0. The number of aryl methyl sites for hydroxylation is 1. The molecule has 5 nitrogen and oxygen atoms in total. The van der Waals surface area contributed by atoms with Gasteiger partial charge in [-0.25, -0.2) is 8.42 Å². The first-order valence-electron chi connectivity index (χ1n) is 6.87. The zero-order chi connectivity index (χ0) is 15.5. The average molecular weight is 307 g/mol. The fourth-order valence-electron chi connectivity index (χ4n) is 1.88. The Morgan fingerprint density at radius 3 is 2.62 bits per heavy atom. The molecule has 1 heterocycles. The van der Waals surface area contributed by atoms with Crippen molar-refractivity contribution in [1.29, 1.82) is 0 Å². The summed E-state index contributed by atoms with van der Waals surface area (Å²) in [6, 6.07) is 9.29. The number of sulfonamides is 1. The van der Waals surface area contributed by atoms with Gasteiger partial charge >= 0.3 is 0 Å². The Balaban J connectivity index is 2.15. The molecule has 114 valence electrons. The first kappa shape index (κ1) is 15.6. The number of hydrogen-bond donors (Lipinski definition) is 3. The van der Waals surface area contributed by atoms with Gasteiger partial charge in [0.25, 0.3) is 10.0 Å². The van der Waals surface area contributed by atoms with E-state index in [9.17, 15) is 8.42 Å². The maximum atomic E-state index is 12.4. The third-order valence-electron chi connectivity index (χ3n) is 3.12. The molecule has 3 N–H and O–H groups in total. The maximum Gasteiger partial charge on any atom is 0.263 e. The normalized spacial score (nSPS) is 11.8. The molecule has 0 unspecified atom stereocenters. The van der Waals surface area contributed by atoms with Crippen LogP contribution in [0.3, 0.4) is 0 Å². The van der Waals surface area contributed by atoms with Gasteiger partial charge in [-0.1, -0.05) is 32.0 Å². The highest BCUT2D eigenvalue weighted by molar-refractivity contribution is 7.92. The number of hydrogen-bond acceptors (Lipinski definition) is 3. The van der Waals surface area contributed by atoms with Crippen molar-refractivity contribution in [1.82, 2.24) is 10.3 Å². The molecular weight excluding hydrogens is 286 g/mol. The number of benzene rings is 1. The van der Waals surface area contributed by atoms with Gasteiger partial charge in [-0.15, -0.1) is 0 Å². The SMILES string of the molecule is Cc1ccccc1NS(=O)(=O)c1c[nH]c(CNC(C)C)c1. The summed E-state index contributed by atoms with van der Waals surface area (Å²) in [5.41, 5.74) is 2.33. The van der Waals surface area contributed by atoms with Gasteiger partial charge in [0.05, 0.1) is 5.69 Å². The van der Waals surface area contributed by atoms with Crippen molar-refractivity contribution in [3.8, 4) is 0 Å². The Labute approximate surface area is 125 Å². The van der Waals surface area contributed by atoms with E-state index in [1.54, 1.807) is 18.2 Å². The molecule has 0 saturated carbocycles. The molecule has 0 aliphatic rings. The van der Waals surface area contributed by atoms with Crippen LogP contribution in [0.5, 0.6) is 0 Å². The van der Waals surface area contributed by atoms with Gasteiger partial charge in [0.1, 0.15) is 4.90 Å². The molecule has 0 radical (unpaired) electrons. The van der Waals surface area contributed by atoms with Gasteiger partial charge in [0.15, 0.2) is 0 Å². The minimum atomic E-state index is -3.56. The fourth-order valence-corrected chi connectivity index (χ4v) is 3.03. The molecule has 2 rings (SSSR count). The molecule has 1 aromatic heterocycles. The van der Waals surface area contributed by atoms with E-state index in [4.69, 9.17) is 0 Å². The summed E-state index contributed by atoms with van der Waals surface area (Å²) in [4.78, 5) is 3.23. The zero-order valence-corrected chi connectivity index (χ0v) is 13.3. The summed E-state index contributed by atoms with van der Waals surface area (Å²) < 4.78 is 27.3. The van der Waals surface area contributed by atoms with E-state index in [0.717, 1.165) is 11.3 Å². The fraction of sp³-hybridized carbons (Fsp3) is 0.333. The van der Waals surface area contributed by atoms with Crippen LogP contribution < -0.4 is 10.0 Å². The lowest BCUT2D eigenvalue weighted by molar-refractivity contribution is 0.582. The van der Waals surface area contributed by atoms with Crippen molar-refractivity contribution in [3.05, 3.63) is 47.8 Å². The van der Waals surface area contributed by atoms with Crippen LogP contribution in [0, 0.1) is 6.92 Å². The Kier molecular flexibility index (Phi) is 4.69. The van der Waals surface area contributed by atoms with Gasteiger partial charge in [-0.05, 0) is 24.6 Å². The van der Waals surface area contributed by atoms with Crippen LogP contribution in [0.1, 0.15) is 25.1 Å². The number of H-pyrrole nitrogens is 1. The second-order valence-corrected chi connectivity index (χ2v) is 7.00. The number of anilines is 1. The van der Waals surface area contributed by atoms with Crippen molar-refractivity contribution < 1.29 is 8.42 Å². The molecule has 0 aliphatic carbocycles. The van der Waals surface area contributed by atoms with Crippen LogP contribution in [-0.4, -0.2) is 19.4 Å². The van der Waals surface area contributed by atoms with Crippen LogP contribution >= 0.6 is 0 Å². The van der Waals surface area contributed by atoms with Gasteiger partial charge in [0, 0.05) is 24.5 Å². The van der Waals surface area contributed by atoms with Gasteiger partial charge in [-0.3, -0.25) is 4.72 Å². The van der Waals surface area contributed by atoms with Gasteiger partial charge < -0.3 is 10.3 Å². The molecular formula is C15H21N3O2S. The summed E-state index contributed by atoms with van der Waals surface area (Å²) in [5, 5.41) is 3.24. The number of nitrogens with one attached hydrogen (secondary N) is 3. The standard InChI is InChI=1S/C15H21N3O2S/c1-11(2)16-9-13-8-14(10-17-13)21(19,20)18-15-7-5-4-6-12(15)3/h4-8,10-11,16-18H,9H2,1-3H3. The van der Waals surface area contributed by atoms with E-state index in [0.29, 0.717) is 18.3 Å². The lowest BCUT2D eigenvalue weighted by Gasteiger charge is -2.09. The van der Waals surface area contributed by atoms with Crippen LogP contribution in [0.15, 0.2) is 41.4 Å². The van der Waals surface area contributed by atoms with E-state index in [1.807, 2.05) is 32.9 Å². The second-order valence-electron chi connectivity index (χ2n) is 5.32. The summed E-state index contributed by atoms with van der Waals surface area (Å²) >= 11 is 0. The summed E-state index contributed by atoms with van der Waals surface area (Å²) in [7, 11) is -3.56. The van der Waals surface area contributed by atoms with E-state index >= 15 is 0 Å². The van der Waals surface area contributed by atoms with E-state index in [1.165, 1.54) is 6.20 Å². The maximum absolute atomic E-state index is 12.4. The molecule has 0 atom stereocenters. The second kappa shape index (κ2) is 6.32. The van der Waals surface area contributed by atoms with Crippen LogP contribution in [0.2, 0.25) is 0 Å². The molecule has 0 aliphatic heterocycles. The Morgan fingerprint density at radius 1 is 1.24 bits per heavy atom. The van der Waals surface area contributed by atoms with Crippen LogP contribution in [0.4, 0.5) is 5.69 Å². The van der Waals surface area contributed by atoms with Gasteiger partial charge in [0.2, 0.25) is 0 Å². The first-order valence-corrected chi connectivity index (χ1v) is 8.36. The topological polar surface area (TPSA) is 74.0 Å². The predicted molar refractivity (Wildman–Crippen MR) is 84.8 cm³/mol. The van der Waals surface area contributed by atoms with E-state index in [-0.39, 0.29) is 4.90 Å². The molecule has 2 aromatic rings. The first-order chi connectivity index (χ1) is 9.88. The van der Waals surface area contributed by atoms with Crippen molar-refractivity contribution in [2.24, 2.45) is 0 Å². The van der Waals surface area contributed by atoms with Crippen molar-refractivity contribution in [2.45, 2.75) is 38.3 Å². The highest BCUT2D eigenvalue weighted by atomic mass is 32.2. The predicted octanol–water partition coefficient (Wildman–Crippen LogP) is 2.62. The molecule has 0 fully saturated rings. The number of para-hydroxylation sites is 1. The molecule has 0 spiro atoms. The lowest BCUT2D eigenvalue weighted by atomic mass is 10.2. The number of aromatic amines is 1. The lowest BCUT2D eigenvalue weighted by Crippen LogP contribution is -2.21. The number of aromatic nitrogens is 1. The zero-order valence-electron chi connectivity index (χ0n) is 12.5. The Hall–Kier alpha value is -1.79. The van der Waals surface area contributed by atoms with Crippen molar-refractivity contribution >= 4 is 15.7 Å². The largest absolute Gasteiger partial charge is 0.363 e. The molecule has 0 saturated heterocycles. The van der Waals surface area contributed by atoms with Gasteiger partial charge in [-0.2, -0.15) is 0 Å². The highest BCUT2D eigenvalue weighted by Gasteiger charge is 2.17. The summed E-state index contributed by atoms with van der Waals surface area (Å²) in [6.07, 6.45) is 1.51. The van der Waals surface area contributed by atoms with E-state index < -0.39 is 10.0 Å². The Bertz CT molecular complexity index is 705. The highest BCUT2D eigenvalue weighted by Crippen LogP contribution is 2.19. The third-order valence-corrected chi connectivity index (χ3v) is 4.46. The molecule has 21 heavy (non-hydrogen) atoms. The van der Waals surface area contributed by atoms with Crippen molar-refractivity contribution in [3.63, 3.8) is 0 Å². The number of rotatable bonds is 6. The molecule has 0 amide bonds. The summed E-state index contributed by atoms with van der Waals surface area (Å²) in [6.45, 7) is 6.56. The Morgan fingerprint density at radius 2 is 1.95 bits per heavy atom. The third kappa shape index (κ3) is 4.09. The van der Waals surface area contributed by atoms with Crippen LogP contribution in [0.25, 0.3) is 0 Å². The molecule has 1 aromatic carbocycles. The van der Waals surface area contributed by atoms with E-state index in [2.05, 4.69) is 15.0 Å². The average Bonchev–Trinajstić information content (AvgIpc) is 2.88. The molecule has 6 heteroatoms.